The van der Waals surface area contributed by atoms with Crippen molar-refractivity contribution in [3.63, 3.8) is 0 Å². The lowest BCUT2D eigenvalue weighted by Gasteiger charge is -2.27. The molecule has 0 spiro atoms. The second-order valence-corrected chi connectivity index (χ2v) is 6.62. The Morgan fingerprint density at radius 1 is 1.40 bits per heavy atom. The summed E-state index contributed by atoms with van der Waals surface area (Å²) in [5.74, 6) is 0.959. The third-order valence-electron chi connectivity index (χ3n) is 4.39. The molecule has 1 saturated carbocycles. The van der Waals surface area contributed by atoms with E-state index in [2.05, 4.69) is 0 Å². The Kier molecular flexibility index (Phi) is 3.47. The molecule has 0 radical (unpaired) electrons. The van der Waals surface area contributed by atoms with Gasteiger partial charge >= 0.3 is 5.00 Å². The van der Waals surface area contributed by atoms with E-state index < -0.39 is 4.92 Å². The van der Waals surface area contributed by atoms with Gasteiger partial charge in [0, 0.05) is 30.6 Å². The Balaban J connectivity index is 1.70. The van der Waals surface area contributed by atoms with Crippen molar-refractivity contribution in [1.82, 2.24) is 4.90 Å². The van der Waals surface area contributed by atoms with E-state index in [1.54, 1.807) is 5.38 Å². The van der Waals surface area contributed by atoms with Crippen LogP contribution in [0.2, 0.25) is 0 Å². The van der Waals surface area contributed by atoms with E-state index in [0.717, 1.165) is 43.7 Å². The molecule has 1 unspecified atom stereocenters. The standard InChI is InChI=1S/C13H17N3O3S/c14-11-2-1-8-5-15(6-9(8)3-11)13(17)10-4-12(16(18)19)20-7-10/h4,7-9,11H,1-3,5-6,14H2/t8-,9+,11?/m1/s1. The Labute approximate surface area is 120 Å². The molecule has 1 amide bonds. The second-order valence-electron chi connectivity index (χ2n) is 5.73. The third-order valence-corrected chi connectivity index (χ3v) is 5.27. The fourth-order valence-electron chi connectivity index (χ4n) is 3.35. The van der Waals surface area contributed by atoms with Crippen molar-refractivity contribution in [3.8, 4) is 0 Å². The first-order valence-corrected chi connectivity index (χ1v) is 7.70. The van der Waals surface area contributed by atoms with Crippen LogP contribution in [0.1, 0.15) is 29.6 Å². The van der Waals surface area contributed by atoms with Gasteiger partial charge in [-0.3, -0.25) is 14.9 Å². The minimum absolute atomic E-state index is 0.0204. The number of carbonyl (C=O) groups excluding carboxylic acids is 1. The summed E-state index contributed by atoms with van der Waals surface area (Å²) in [5.41, 5.74) is 6.42. The van der Waals surface area contributed by atoms with Crippen LogP contribution in [0.4, 0.5) is 5.00 Å². The molecule has 2 fully saturated rings. The lowest BCUT2D eigenvalue weighted by atomic mass is 9.79. The van der Waals surface area contributed by atoms with E-state index in [9.17, 15) is 14.9 Å². The number of nitro groups is 1. The minimum atomic E-state index is -0.454. The van der Waals surface area contributed by atoms with Crippen LogP contribution in [0.3, 0.4) is 0 Å². The first-order chi connectivity index (χ1) is 9.54. The van der Waals surface area contributed by atoms with Gasteiger partial charge in [0.2, 0.25) is 0 Å². The summed E-state index contributed by atoms with van der Waals surface area (Å²) in [6.07, 6.45) is 3.10. The van der Waals surface area contributed by atoms with Crippen LogP contribution in [-0.4, -0.2) is 34.9 Å². The van der Waals surface area contributed by atoms with Crippen LogP contribution >= 0.6 is 11.3 Å². The van der Waals surface area contributed by atoms with E-state index in [-0.39, 0.29) is 17.0 Å². The number of amides is 1. The molecule has 0 aromatic carbocycles. The molecule has 6 nitrogen and oxygen atoms in total. The molecule has 1 aromatic rings. The normalized spacial score (nSPS) is 29.2. The highest BCUT2D eigenvalue weighted by atomic mass is 32.1. The number of carbonyl (C=O) groups is 1. The van der Waals surface area contributed by atoms with Gasteiger partial charge in [0.05, 0.1) is 10.5 Å². The van der Waals surface area contributed by atoms with Crippen LogP contribution in [-0.2, 0) is 0 Å². The molecular formula is C13H17N3O3S. The highest BCUT2D eigenvalue weighted by Crippen LogP contribution is 2.36. The van der Waals surface area contributed by atoms with E-state index >= 15 is 0 Å². The summed E-state index contributed by atoms with van der Waals surface area (Å²) in [5, 5.41) is 12.3. The first kappa shape index (κ1) is 13.5. The molecular weight excluding hydrogens is 278 g/mol. The van der Waals surface area contributed by atoms with Gasteiger partial charge in [-0.1, -0.05) is 11.3 Å². The Hall–Kier alpha value is -1.47. The number of nitrogens with zero attached hydrogens (tertiary/aromatic N) is 2. The fraction of sp³-hybridized carbons (Fsp3) is 0.615. The molecule has 1 aromatic heterocycles. The quantitative estimate of drug-likeness (QED) is 0.666. The molecule has 1 aliphatic carbocycles. The van der Waals surface area contributed by atoms with Gasteiger partial charge in [-0.15, -0.1) is 0 Å². The van der Waals surface area contributed by atoms with Crippen molar-refractivity contribution in [2.24, 2.45) is 17.6 Å². The summed E-state index contributed by atoms with van der Waals surface area (Å²) < 4.78 is 0. The van der Waals surface area contributed by atoms with Crippen LogP contribution in [0.15, 0.2) is 11.4 Å². The summed E-state index contributed by atoms with van der Waals surface area (Å²) in [6.45, 7) is 1.50. The highest BCUT2D eigenvalue weighted by molar-refractivity contribution is 7.13. The van der Waals surface area contributed by atoms with E-state index in [0.29, 0.717) is 17.4 Å². The average molecular weight is 295 g/mol. The summed E-state index contributed by atoms with van der Waals surface area (Å²) in [6, 6.07) is 1.63. The van der Waals surface area contributed by atoms with Gasteiger partial charge in [-0.25, -0.2) is 0 Å². The van der Waals surface area contributed by atoms with Crippen LogP contribution in [0.25, 0.3) is 0 Å². The fourth-order valence-corrected chi connectivity index (χ4v) is 4.05. The first-order valence-electron chi connectivity index (χ1n) is 6.82. The van der Waals surface area contributed by atoms with Crippen molar-refractivity contribution in [3.05, 3.63) is 27.1 Å². The van der Waals surface area contributed by atoms with Gasteiger partial charge in [0.15, 0.2) is 0 Å². The number of hydrogen-bond acceptors (Lipinski definition) is 5. The predicted octanol–water partition coefficient (Wildman–Crippen LogP) is 1.86. The maximum absolute atomic E-state index is 12.4. The van der Waals surface area contributed by atoms with Gasteiger partial charge in [0.25, 0.3) is 5.91 Å². The Morgan fingerprint density at radius 2 is 2.15 bits per heavy atom. The summed E-state index contributed by atoms with van der Waals surface area (Å²) in [7, 11) is 0. The molecule has 3 atom stereocenters. The van der Waals surface area contributed by atoms with Crippen LogP contribution in [0.5, 0.6) is 0 Å². The maximum atomic E-state index is 12.4. The molecule has 1 saturated heterocycles. The molecule has 3 rings (SSSR count). The van der Waals surface area contributed by atoms with Crippen molar-refractivity contribution < 1.29 is 9.72 Å². The average Bonchev–Trinajstić information content (AvgIpc) is 3.03. The predicted molar refractivity (Wildman–Crippen MR) is 75.7 cm³/mol. The van der Waals surface area contributed by atoms with Gasteiger partial charge in [-0.05, 0) is 31.1 Å². The van der Waals surface area contributed by atoms with Crippen LogP contribution < -0.4 is 5.73 Å². The van der Waals surface area contributed by atoms with E-state index in [1.807, 2.05) is 4.90 Å². The monoisotopic (exact) mass is 295 g/mol. The summed E-state index contributed by atoms with van der Waals surface area (Å²) >= 11 is 1.00. The van der Waals surface area contributed by atoms with Crippen molar-refractivity contribution in [2.75, 3.05) is 13.1 Å². The third kappa shape index (κ3) is 2.43. The lowest BCUT2D eigenvalue weighted by molar-refractivity contribution is -0.380. The van der Waals surface area contributed by atoms with Gasteiger partial charge in [0.1, 0.15) is 0 Å². The Morgan fingerprint density at radius 3 is 2.85 bits per heavy atom. The zero-order chi connectivity index (χ0) is 14.3. The van der Waals surface area contributed by atoms with E-state index in [1.165, 1.54) is 6.07 Å². The Bertz CT molecular complexity index is 545. The topological polar surface area (TPSA) is 89.5 Å². The molecule has 20 heavy (non-hydrogen) atoms. The second kappa shape index (κ2) is 5.14. The SMILES string of the molecule is NC1CC[C@@H]2CN(C(=O)c3csc([N+](=O)[O-])c3)C[C@@H]2C1. The molecule has 2 N–H and O–H groups in total. The number of nitrogens with two attached hydrogens (primary N) is 1. The number of likely N-dealkylation sites (tertiary alicyclic amines) is 1. The number of fused-ring (bicyclic) bond motifs is 1. The molecule has 108 valence electrons. The van der Waals surface area contributed by atoms with Gasteiger partial charge < -0.3 is 10.6 Å². The number of rotatable bonds is 2. The maximum Gasteiger partial charge on any atom is 0.324 e. The van der Waals surface area contributed by atoms with Crippen molar-refractivity contribution in [2.45, 2.75) is 25.3 Å². The molecule has 0 bridgehead atoms. The van der Waals surface area contributed by atoms with Gasteiger partial charge in [-0.2, -0.15) is 0 Å². The lowest BCUT2D eigenvalue weighted by Crippen LogP contribution is -2.32. The summed E-state index contributed by atoms with van der Waals surface area (Å²) in [4.78, 5) is 24.4. The van der Waals surface area contributed by atoms with Crippen molar-refractivity contribution >= 4 is 22.2 Å². The van der Waals surface area contributed by atoms with Crippen LogP contribution in [0, 0.1) is 22.0 Å². The smallest absolute Gasteiger partial charge is 0.324 e. The molecule has 7 heteroatoms. The zero-order valence-electron chi connectivity index (χ0n) is 11.0. The van der Waals surface area contributed by atoms with Crippen molar-refractivity contribution in [1.29, 1.82) is 0 Å². The molecule has 2 heterocycles. The molecule has 1 aliphatic heterocycles. The number of thiophene rings is 1. The largest absolute Gasteiger partial charge is 0.338 e. The molecule has 2 aliphatic rings. The van der Waals surface area contributed by atoms with E-state index in [4.69, 9.17) is 5.73 Å². The zero-order valence-corrected chi connectivity index (χ0v) is 11.8. The highest BCUT2D eigenvalue weighted by Gasteiger charge is 2.39. The minimum Gasteiger partial charge on any atom is -0.338 e. The number of hydrogen-bond donors (Lipinski definition) is 1.